The molecule has 1 aromatic rings. The van der Waals surface area contributed by atoms with Gasteiger partial charge in [-0.1, -0.05) is 6.07 Å². The van der Waals surface area contributed by atoms with E-state index in [1.54, 1.807) is 18.2 Å². The molecule has 0 saturated heterocycles. The van der Waals surface area contributed by atoms with Crippen molar-refractivity contribution in [2.24, 2.45) is 5.92 Å². The fourth-order valence-electron chi connectivity index (χ4n) is 1.84. The first-order chi connectivity index (χ1) is 8.20. The summed E-state index contributed by atoms with van der Waals surface area (Å²) in [5.74, 6) is 0.356. The van der Waals surface area contributed by atoms with E-state index in [4.69, 9.17) is 5.11 Å². The van der Waals surface area contributed by atoms with Crippen molar-refractivity contribution < 1.29 is 9.90 Å². The summed E-state index contributed by atoms with van der Waals surface area (Å²) in [7, 11) is 0. The highest BCUT2D eigenvalue weighted by Crippen LogP contribution is 2.34. The Morgan fingerprint density at radius 1 is 1.59 bits per heavy atom. The molecular formula is C12H15BrN2O2. The number of carbonyl (C=O) groups is 1. The number of nitrogens with one attached hydrogen (secondary N) is 1. The highest BCUT2D eigenvalue weighted by atomic mass is 79.9. The van der Waals surface area contributed by atoms with Crippen LogP contribution in [0.4, 0.5) is 0 Å². The number of hydrogen-bond acceptors (Lipinski definition) is 3. The fraction of sp³-hybridized carbons (Fsp3) is 0.500. The van der Waals surface area contributed by atoms with Gasteiger partial charge in [0.05, 0.1) is 0 Å². The van der Waals surface area contributed by atoms with Crippen LogP contribution in [0.25, 0.3) is 0 Å². The smallest absolute Gasteiger partial charge is 0.270 e. The summed E-state index contributed by atoms with van der Waals surface area (Å²) >= 11 is 3.24. The SMILES string of the molecule is O=C(NC(CCO)C1CC1)c1cccc(Br)n1. The molecule has 0 spiro atoms. The maximum atomic E-state index is 11.9. The molecule has 5 heteroatoms. The Morgan fingerprint density at radius 2 is 2.35 bits per heavy atom. The van der Waals surface area contributed by atoms with Crippen molar-refractivity contribution in [1.82, 2.24) is 10.3 Å². The molecule has 1 aliphatic carbocycles. The number of aliphatic hydroxyl groups is 1. The Kier molecular flexibility index (Phi) is 4.12. The van der Waals surface area contributed by atoms with Crippen LogP contribution in [-0.4, -0.2) is 28.6 Å². The second kappa shape index (κ2) is 5.60. The summed E-state index contributed by atoms with van der Waals surface area (Å²) < 4.78 is 0.648. The molecule has 0 bridgehead atoms. The number of amides is 1. The normalized spacial score (nSPS) is 16.6. The second-order valence-electron chi connectivity index (χ2n) is 4.28. The van der Waals surface area contributed by atoms with Crippen LogP contribution >= 0.6 is 15.9 Å². The standard InChI is InChI=1S/C12H15BrN2O2/c13-11-3-1-2-10(14-11)12(17)15-9(6-7-16)8-4-5-8/h1-3,8-9,16H,4-7H2,(H,15,17). The van der Waals surface area contributed by atoms with Gasteiger partial charge in [0.25, 0.3) is 5.91 Å². The minimum Gasteiger partial charge on any atom is -0.396 e. The lowest BCUT2D eigenvalue weighted by Gasteiger charge is -2.16. The van der Waals surface area contributed by atoms with Crippen molar-refractivity contribution in [3.8, 4) is 0 Å². The zero-order valence-electron chi connectivity index (χ0n) is 9.40. The van der Waals surface area contributed by atoms with Crippen molar-refractivity contribution >= 4 is 21.8 Å². The summed E-state index contributed by atoms with van der Waals surface area (Å²) in [6.45, 7) is 0.105. The van der Waals surface area contributed by atoms with Crippen LogP contribution in [-0.2, 0) is 0 Å². The summed E-state index contributed by atoms with van der Waals surface area (Å²) in [5, 5.41) is 11.9. The van der Waals surface area contributed by atoms with E-state index in [2.05, 4.69) is 26.2 Å². The maximum absolute atomic E-state index is 11.9. The van der Waals surface area contributed by atoms with Crippen molar-refractivity contribution in [3.05, 3.63) is 28.5 Å². The molecule has 1 unspecified atom stereocenters. The van der Waals surface area contributed by atoms with E-state index in [1.807, 2.05) is 0 Å². The van der Waals surface area contributed by atoms with Crippen LogP contribution in [0.2, 0.25) is 0 Å². The van der Waals surface area contributed by atoms with Gasteiger partial charge >= 0.3 is 0 Å². The van der Waals surface area contributed by atoms with Gasteiger partial charge < -0.3 is 10.4 Å². The van der Waals surface area contributed by atoms with E-state index >= 15 is 0 Å². The molecule has 1 amide bonds. The molecule has 0 radical (unpaired) electrons. The van der Waals surface area contributed by atoms with E-state index in [0.717, 1.165) is 12.8 Å². The predicted octanol–water partition coefficient (Wildman–Crippen LogP) is 1.73. The number of rotatable bonds is 5. The Morgan fingerprint density at radius 3 is 2.94 bits per heavy atom. The highest BCUT2D eigenvalue weighted by molar-refractivity contribution is 9.10. The van der Waals surface area contributed by atoms with Crippen molar-refractivity contribution in [1.29, 1.82) is 0 Å². The van der Waals surface area contributed by atoms with Crippen LogP contribution in [0.5, 0.6) is 0 Å². The topological polar surface area (TPSA) is 62.2 Å². The summed E-state index contributed by atoms with van der Waals surface area (Å²) in [4.78, 5) is 16.0. The van der Waals surface area contributed by atoms with Crippen molar-refractivity contribution in [2.45, 2.75) is 25.3 Å². The minimum absolute atomic E-state index is 0.0771. The quantitative estimate of drug-likeness (QED) is 0.814. The van der Waals surface area contributed by atoms with Crippen LogP contribution in [0, 0.1) is 5.92 Å². The molecular weight excluding hydrogens is 284 g/mol. The first-order valence-corrected chi connectivity index (χ1v) is 6.54. The number of pyridine rings is 1. The van der Waals surface area contributed by atoms with E-state index in [-0.39, 0.29) is 18.6 Å². The van der Waals surface area contributed by atoms with Gasteiger partial charge in [0.15, 0.2) is 0 Å². The van der Waals surface area contributed by atoms with Gasteiger partial charge in [0, 0.05) is 12.6 Å². The molecule has 17 heavy (non-hydrogen) atoms. The summed E-state index contributed by atoms with van der Waals surface area (Å²) in [6, 6.07) is 5.32. The van der Waals surface area contributed by atoms with Crippen LogP contribution in [0.15, 0.2) is 22.8 Å². The van der Waals surface area contributed by atoms with E-state index < -0.39 is 0 Å². The van der Waals surface area contributed by atoms with Gasteiger partial charge in [-0.15, -0.1) is 0 Å². The maximum Gasteiger partial charge on any atom is 0.270 e. The fourth-order valence-corrected chi connectivity index (χ4v) is 2.18. The molecule has 1 aromatic heterocycles. The number of aliphatic hydroxyl groups excluding tert-OH is 1. The molecule has 0 aromatic carbocycles. The lowest BCUT2D eigenvalue weighted by molar-refractivity contribution is 0.0919. The van der Waals surface area contributed by atoms with Gasteiger partial charge in [-0.05, 0) is 53.2 Å². The van der Waals surface area contributed by atoms with Gasteiger partial charge in [0.2, 0.25) is 0 Å². The number of carbonyl (C=O) groups excluding carboxylic acids is 1. The van der Waals surface area contributed by atoms with Crippen molar-refractivity contribution in [2.75, 3.05) is 6.61 Å². The van der Waals surface area contributed by atoms with Gasteiger partial charge in [-0.25, -0.2) is 4.98 Å². The summed E-state index contributed by atoms with van der Waals surface area (Å²) in [5.41, 5.74) is 0.406. The first-order valence-electron chi connectivity index (χ1n) is 5.75. The Hall–Kier alpha value is -0.940. The molecule has 0 aliphatic heterocycles. The minimum atomic E-state index is -0.170. The zero-order chi connectivity index (χ0) is 12.3. The van der Waals surface area contributed by atoms with Gasteiger partial charge in [0.1, 0.15) is 10.3 Å². The third kappa shape index (κ3) is 3.51. The zero-order valence-corrected chi connectivity index (χ0v) is 11.0. The highest BCUT2D eigenvalue weighted by Gasteiger charge is 2.32. The third-order valence-corrected chi connectivity index (χ3v) is 3.34. The van der Waals surface area contributed by atoms with Gasteiger partial charge in [-0.2, -0.15) is 0 Å². The molecule has 2 N–H and O–H groups in total. The molecule has 1 fully saturated rings. The number of nitrogens with zero attached hydrogens (tertiary/aromatic N) is 1. The van der Waals surface area contributed by atoms with Crippen LogP contribution in [0.3, 0.4) is 0 Å². The molecule has 1 aliphatic rings. The molecule has 1 atom stereocenters. The molecule has 92 valence electrons. The Labute approximate surface area is 109 Å². The number of hydrogen-bond donors (Lipinski definition) is 2. The summed E-state index contributed by atoms with van der Waals surface area (Å²) in [6.07, 6.45) is 2.89. The Balaban J connectivity index is 1.99. The average Bonchev–Trinajstić information content (AvgIpc) is 3.12. The molecule has 1 heterocycles. The lowest BCUT2D eigenvalue weighted by atomic mass is 10.1. The second-order valence-corrected chi connectivity index (χ2v) is 5.09. The van der Waals surface area contributed by atoms with Gasteiger partial charge in [-0.3, -0.25) is 4.79 Å². The average molecular weight is 299 g/mol. The van der Waals surface area contributed by atoms with E-state index in [1.165, 1.54) is 0 Å². The Bertz CT molecular complexity index is 407. The lowest BCUT2D eigenvalue weighted by Crippen LogP contribution is -2.37. The molecule has 1 saturated carbocycles. The van der Waals surface area contributed by atoms with E-state index in [0.29, 0.717) is 22.6 Å². The molecule has 2 rings (SSSR count). The predicted molar refractivity (Wildman–Crippen MR) is 67.6 cm³/mol. The van der Waals surface area contributed by atoms with Crippen LogP contribution < -0.4 is 5.32 Å². The van der Waals surface area contributed by atoms with Crippen molar-refractivity contribution in [3.63, 3.8) is 0 Å². The number of aromatic nitrogens is 1. The largest absolute Gasteiger partial charge is 0.396 e. The number of halogens is 1. The third-order valence-electron chi connectivity index (χ3n) is 2.90. The monoisotopic (exact) mass is 298 g/mol. The molecule has 4 nitrogen and oxygen atoms in total. The van der Waals surface area contributed by atoms with E-state index in [9.17, 15) is 4.79 Å². The van der Waals surface area contributed by atoms with Crippen LogP contribution in [0.1, 0.15) is 29.8 Å². The first kappa shape index (κ1) is 12.5.